The summed E-state index contributed by atoms with van der Waals surface area (Å²) in [6, 6.07) is 10.1. The average molecular weight is 250 g/mol. The van der Waals surface area contributed by atoms with Crippen molar-refractivity contribution in [1.82, 2.24) is 0 Å². The molecule has 0 spiro atoms. The van der Waals surface area contributed by atoms with Gasteiger partial charge in [-0.2, -0.15) is 0 Å². The van der Waals surface area contributed by atoms with E-state index in [0.717, 1.165) is 0 Å². The van der Waals surface area contributed by atoms with Crippen LogP contribution >= 0.6 is 0 Å². The summed E-state index contributed by atoms with van der Waals surface area (Å²) in [6.07, 6.45) is 4.77. The third-order valence-electron chi connectivity index (χ3n) is 2.79. The molecular formula is C15H22O3. The van der Waals surface area contributed by atoms with E-state index in [4.69, 9.17) is 14.6 Å². The minimum Gasteiger partial charge on any atom is -0.396 e. The first kappa shape index (κ1) is 14.9. The molecular weight excluding hydrogens is 228 g/mol. The molecule has 100 valence electrons. The number of aliphatic hydroxyl groups is 1. The molecule has 0 heterocycles. The fourth-order valence-electron chi connectivity index (χ4n) is 1.73. The number of ether oxygens (including phenoxy) is 2. The lowest BCUT2D eigenvalue weighted by Gasteiger charge is -2.20. The van der Waals surface area contributed by atoms with Crippen molar-refractivity contribution in [3.63, 3.8) is 0 Å². The van der Waals surface area contributed by atoms with E-state index in [1.165, 1.54) is 5.56 Å². The minimum atomic E-state index is -0.0186. The van der Waals surface area contributed by atoms with Gasteiger partial charge in [-0.05, 0) is 12.0 Å². The first-order valence-corrected chi connectivity index (χ1v) is 6.22. The minimum absolute atomic E-state index is 0.0186. The molecule has 3 nitrogen and oxygen atoms in total. The van der Waals surface area contributed by atoms with E-state index in [1.54, 1.807) is 7.11 Å². The van der Waals surface area contributed by atoms with Gasteiger partial charge in [0.25, 0.3) is 0 Å². The summed E-state index contributed by atoms with van der Waals surface area (Å²) in [5.74, 6) is 0.229. The highest BCUT2D eigenvalue weighted by atomic mass is 16.7. The Morgan fingerprint density at radius 3 is 2.61 bits per heavy atom. The Morgan fingerprint density at radius 2 is 2.00 bits per heavy atom. The Labute approximate surface area is 109 Å². The number of hydrogen-bond acceptors (Lipinski definition) is 3. The summed E-state index contributed by atoms with van der Waals surface area (Å²) in [5, 5.41) is 9.03. The second-order valence-electron chi connectivity index (χ2n) is 4.25. The Bertz CT molecular complexity index is 335. The monoisotopic (exact) mass is 250 g/mol. The molecule has 1 rings (SSSR count). The Morgan fingerprint density at radius 1 is 1.28 bits per heavy atom. The van der Waals surface area contributed by atoms with E-state index in [2.05, 4.69) is 31.2 Å². The van der Waals surface area contributed by atoms with Crippen LogP contribution in [0.15, 0.2) is 36.4 Å². The second kappa shape index (κ2) is 8.86. The molecule has 0 aliphatic carbocycles. The Balaban J connectivity index is 2.54. The van der Waals surface area contributed by atoms with Crippen molar-refractivity contribution >= 4 is 6.08 Å². The van der Waals surface area contributed by atoms with Gasteiger partial charge in [0.2, 0.25) is 0 Å². The molecule has 0 unspecified atom stereocenters. The Hall–Kier alpha value is -1.16. The van der Waals surface area contributed by atoms with Crippen molar-refractivity contribution < 1.29 is 14.6 Å². The highest BCUT2D eigenvalue weighted by Gasteiger charge is 2.14. The number of aliphatic hydroxyl groups excluding tert-OH is 1. The molecule has 18 heavy (non-hydrogen) atoms. The quantitative estimate of drug-likeness (QED) is 0.721. The molecule has 0 amide bonds. The maximum atomic E-state index is 9.03. The SMILES string of the molecule is COCO[C@@H](CCO)[C@H](C)/C=C/c1ccccc1. The highest BCUT2D eigenvalue weighted by Crippen LogP contribution is 2.15. The number of benzene rings is 1. The fraction of sp³-hybridized carbons (Fsp3) is 0.467. The van der Waals surface area contributed by atoms with E-state index in [9.17, 15) is 0 Å². The third kappa shape index (κ3) is 5.45. The van der Waals surface area contributed by atoms with Gasteiger partial charge in [0.1, 0.15) is 6.79 Å². The highest BCUT2D eigenvalue weighted by molar-refractivity contribution is 5.48. The van der Waals surface area contributed by atoms with Crippen molar-refractivity contribution in [2.24, 2.45) is 5.92 Å². The summed E-state index contributed by atoms with van der Waals surface area (Å²) in [6.45, 7) is 2.46. The van der Waals surface area contributed by atoms with Crippen molar-refractivity contribution in [3.8, 4) is 0 Å². The normalized spacial score (nSPS) is 14.8. The van der Waals surface area contributed by atoms with E-state index >= 15 is 0 Å². The summed E-state index contributed by atoms with van der Waals surface area (Å²) in [5.41, 5.74) is 1.17. The van der Waals surface area contributed by atoms with Crippen molar-refractivity contribution in [2.75, 3.05) is 20.5 Å². The third-order valence-corrected chi connectivity index (χ3v) is 2.79. The maximum absolute atomic E-state index is 9.03. The van der Waals surface area contributed by atoms with E-state index in [1.807, 2.05) is 18.2 Å². The zero-order chi connectivity index (χ0) is 13.2. The van der Waals surface area contributed by atoms with Gasteiger partial charge in [0, 0.05) is 19.6 Å². The van der Waals surface area contributed by atoms with Gasteiger partial charge >= 0.3 is 0 Å². The summed E-state index contributed by atoms with van der Waals surface area (Å²) in [7, 11) is 1.60. The lowest BCUT2D eigenvalue weighted by atomic mass is 10.0. The predicted molar refractivity (Wildman–Crippen MR) is 73.1 cm³/mol. The lowest BCUT2D eigenvalue weighted by molar-refractivity contribution is -0.0887. The van der Waals surface area contributed by atoms with Crippen LogP contribution in [0.2, 0.25) is 0 Å². The molecule has 1 N–H and O–H groups in total. The van der Waals surface area contributed by atoms with Crippen LogP contribution in [0.3, 0.4) is 0 Å². The van der Waals surface area contributed by atoms with Gasteiger partial charge in [-0.3, -0.25) is 0 Å². The van der Waals surface area contributed by atoms with Crippen molar-refractivity contribution in [3.05, 3.63) is 42.0 Å². The first-order valence-electron chi connectivity index (χ1n) is 6.22. The molecule has 0 saturated carbocycles. The molecule has 0 aromatic heterocycles. The van der Waals surface area contributed by atoms with Crippen LogP contribution in [0.4, 0.5) is 0 Å². The van der Waals surface area contributed by atoms with Crippen LogP contribution < -0.4 is 0 Å². The smallest absolute Gasteiger partial charge is 0.146 e. The Kier molecular flexibility index (Phi) is 7.34. The van der Waals surface area contributed by atoms with Crippen LogP contribution in [0.5, 0.6) is 0 Å². The van der Waals surface area contributed by atoms with Crippen molar-refractivity contribution in [1.29, 1.82) is 0 Å². The van der Waals surface area contributed by atoms with E-state index in [0.29, 0.717) is 6.42 Å². The largest absolute Gasteiger partial charge is 0.396 e. The standard InChI is InChI=1S/C15H22O3/c1-13(15(10-11-16)18-12-17-2)8-9-14-6-4-3-5-7-14/h3-9,13,15-16H,10-12H2,1-2H3/b9-8+/t13-,15+/m1/s1. The van der Waals surface area contributed by atoms with E-state index < -0.39 is 0 Å². The molecule has 1 aromatic rings. The predicted octanol–water partition coefficient (Wildman–Crippen LogP) is 2.71. The number of hydrogen-bond donors (Lipinski definition) is 1. The van der Waals surface area contributed by atoms with Crippen LogP contribution in [0.1, 0.15) is 18.9 Å². The second-order valence-corrected chi connectivity index (χ2v) is 4.25. The van der Waals surface area contributed by atoms with Crippen molar-refractivity contribution in [2.45, 2.75) is 19.4 Å². The van der Waals surface area contributed by atoms with Gasteiger partial charge in [0.05, 0.1) is 6.10 Å². The van der Waals surface area contributed by atoms with Gasteiger partial charge in [-0.1, -0.05) is 49.4 Å². The van der Waals surface area contributed by atoms with Crippen LogP contribution in [0, 0.1) is 5.92 Å². The van der Waals surface area contributed by atoms with E-state index in [-0.39, 0.29) is 25.4 Å². The molecule has 0 fully saturated rings. The summed E-state index contributed by atoms with van der Waals surface area (Å²) >= 11 is 0. The molecule has 0 bridgehead atoms. The zero-order valence-corrected chi connectivity index (χ0v) is 11.1. The lowest BCUT2D eigenvalue weighted by Crippen LogP contribution is -2.23. The maximum Gasteiger partial charge on any atom is 0.146 e. The van der Waals surface area contributed by atoms with Gasteiger partial charge in [0.15, 0.2) is 0 Å². The molecule has 0 radical (unpaired) electrons. The van der Waals surface area contributed by atoms with Gasteiger partial charge in [-0.15, -0.1) is 0 Å². The average Bonchev–Trinajstić information content (AvgIpc) is 2.42. The van der Waals surface area contributed by atoms with Crippen LogP contribution in [-0.4, -0.2) is 31.7 Å². The topological polar surface area (TPSA) is 38.7 Å². The number of rotatable bonds is 8. The molecule has 1 aromatic carbocycles. The molecule has 0 aliphatic heterocycles. The van der Waals surface area contributed by atoms with Gasteiger partial charge in [-0.25, -0.2) is 0 Å². The number of methoxy groups -OCH3 is 1. The summed E-state index contributed by atoms with van der Waals surface area (Å²) < 4.78 is 10.5. The van der Waals surface area contributed by atoms with Crippen LogP contribution in [-0.2, 0) is 9.47 Å². The fourth-order valence-corrected chi connectivity index (χ4v) is 1.73. The molecule has 2 atom stereocenters. The summed E-state index contributed by atoms with van der Waals surface area (Å²) in [4.78, 5) is 0. The van der Waals surface area contributed by atoms with Crippen LogP contribution in [0.25, 0.3) is 6.08 Å². The molecule has 0 aliphatic rings. The first-order chi connectivity index (χ1) is 8.77. The molecule has 0 saturated heterocycles. The zero-order valence-electron chi connectivity index (χ0n) is 11.1. The van der Waals surface area contributed by atoms with Gasteiger partial charge < -0.3 is 14.6 Å². The molecule has 3 heteroatoms.